The van der Waals surface area contributed by atoms with Crippen LogP contribution in [0.1, 0.15) is 28.4 Å². The first-order valence-electron chi connectivity index (χ1n) is 9.65. The molecule has 1 aliphatic heterocycles. The summed E-state index contributed by atoms with van der Waals surface area (Å²) in [5.74, 6) is -0.771. The Morgan fingerprint density at radius 3 is 2.62 bits per heavy atom. The molecule has 32 heavy (non-hydrogen) atoms. The van der Waals surface area contributed by atoms with Gasteiger partial charge in [-0.2, -0.15) is 0 Å². The second-order valence-electron chi connectivity index (χ2n) is 7.23. The normalized spacial score (nSPS) is 15.2. The van der Waals surface area contributed by atoms with E-state index in [9.17, 15) is 18.0 Å². The highest BCUT2D eigenvalue weighted by Gasteiger charge is 2.32. The van der Waals surface area contributed by atoms with Gasteiger partial charge in [0.05, 0.1) is 16.6 Å². The Kier molecular flexibility index (Phi) is 6.02. The second kappa shape index (κ2) is 8.75. The molecule has 0 radical (unpaired) electrons. The summed E-state index contributed by atoms with van der Waals surface area (Å²) in [5, 5.41) is 3.10. The third kappa shape index (κ3) is 4.83. The average Bonchev–Trinajstić information content (AvgIpc) is 2.70. The summed E-state index contributed by atoms with van der Waals surface area (Å²) in [4.78, 5) is 26.6. The first-order valence-corrected chi connectivity index (χ1v) is 10.0. The lowest BCUT2D eigenvalue weighted by Gasteiger charge is -2.35. The molecule has 0 bridgehead atoms. The third-order valence-corrected chi connectivity index (χ3v) is 5.37. The fourth-order valence-electron chi connectivity index (χ4n) is 3.43. The number of carbonyl (C=O) groups excluding carboxylic acids is 1. The number of anilines is 1. The van der Waals surface area contributed by atoms with Crippen molar-refractivity contribution in [3.05, 3.63) is 52.9 Å². The quantitative estimate of drug-likeness (QED) is 0.548. The van der Waals surface area contributed by atoms with Gasteiger partial charge in [-0.3, -0.25) is 9.78 Å². The molecule has 168 valence electrons. The topological polar surface area (TPSA) is 106 Å². The standard InChI is InChI=1S/C20H18ClF3N6O2/c21-13-8-11(2-3-15(13)32-20(22,23)24)14(9-30-6-1-7-30)29-19-17-16(27-10-28-19)12(18(25)31)4-5-26-17/h2-5,8,10,14H,1,6-7,9H2,(H2,25,31)(H,27,28,29). The van der Waals surface area contributed by atoms with Gasteiger partial charge in [0, 0.05) is 12.7 Å². The van der Waals surface area contributed by atoms with Crippen LogP contribution < -0.4 is 15.8 Å². The minimum atomic E-state index is -4.84. The van der Waals surface area contributed by atoms with Crippen LogP contribution in [0.5, 0.6) is 5.75 Å². The molecule has 0 saturated carbocycles. The lowest BCUT2D eigenvalue weighted by atomic mass is 10.0. The van der Waals surface area contributed by atoms with Gasteiger partial charge in [-0.25, -0.2) is 9.97 Å². The van der Waals surface area contributed by atoms with Crippen molar-refractivity contribution in [2.24, 2.45) is 5.73 Å². The Bertz CT molecular complexity index is 1160. The number of primary amides is 1. The van der Waals surface area contributed by atoms with Crippen LogP contribution in [0.4, 0.5) is 19.0 Å². The Balaban J connectivity index is 1.68. The number of amides is 1. The van der Waals surface area contributed by atoms with Crippen LogP contribution in [0, 0.1) is 0 Å². The van der Waals surface area contributed by atoms with E-state index < -0.39 is 18.0 Å². The van der Waals surface area contributed by atoms with Crippen LogP contribution in [0.2, 0.25) is 5.02 Å². The van der Waals surface area contributed by atoms with Gasteiger partial charge in [-0.15, -0.1) is 13.2 Å². The molecule has 1 aromatic carbocycles. The van der Waals surface area contributed by atoms with E-state index in [1.54, 1.807) is 0 Å². The maximum atomic E-state index is 12.6. The summed E-state index contributed by atoms with van der Waals surface area (Å²) in [5.41, 5.74) is 6.91. The van der Waals surface area contributed by atoms with Crippen molar-refractivity contribution in [2.75, 3.05) is 25.0 Å². The van der Waals surface area contributed by atoms with Crippen molar-refractivity contribution < 1.29 is 22.7 Å². The first kappa shape index (κ1) is 22.0. The fraction of sp³-hybridized carbons (Fsp3) is 0.300. The lowest BCUT2D eigenvalue weighted by Crippen LogP contribution is -2.41. The molecule has 1 fully saturated rings. The average molecular weight is 467 g/mol. The molecule has 3 heterocycles. The fourth-order valence-corrected chi connectivity index (χ4v) is 3.66. The van der Waals surface area contributed by atoms with E-state index in [-0.39, 0.29) is 16.6 Å². The monoisotopic (exact) mass is 466 g/mol. The van der Waals surface area contributed by atoms with E-state index >= 15 is 0 Å². The lowest BCUT2D eigenvalue weighted by molar-refractivity contribution is -0.274. The number of likely N-dealkylation sites (tertiary alicyclic amines) is 1. The van der Waals surface area contributed by atoms with Gasteiger partial charge in [0.2, 0.25) is 0 Å². The highest BCUT2D eigenvalue weighted by Crippen LogP contribution is 2.34. The van der Waals surface area contributed by atoms with Crippen LogP contribution >= 0.6 is 11.6 Å². The SMILES string of the molecule is NC(=O)c1ccnc2c(NC(CN3CCC3)c3ccc(OC(F)(F)F)c(Cl)c3)ncnc12. The number of alkyl halides is 3. The molecule has 4 rings (SSSR count). The molecular weight excluding hydrogens is 449 g/mol. The van der Waals surface area contributed by atoms with Crippen molar-refractivity contribution in [3.63, 3.8) is 0 Å². The Hall–Kier alpha value is -3.18. The molecule has 1 aliphatic rings. The predicted octanol–water partition coefficient (Wildman–Crippen LogP) is 3.53. The van der Waals surface area contributed by atoms with Crippen molar-refractivity contribution in [1.29, 1.82) is 0 Å². The van der Waals surface area contributed by atoms with Crippen molar-refractivity contribution in [2.45, 2.75) is 18.8 Å². The molecule has 3 aromatic rings. The van der Waals surface area contributed by atoms with Crippen LogP contribution in [0.15, 0.2) is 36.8 Å². The number of aromatic nitrogens is 3. The number of benzene rings is 1. The minimum absolute atomic E-state index is 0.170. The third-order valence-electron chi connectivity index (χ3n) is 5.07. The Morgan fingerprint density at radius 2 is 2.00 bits per heavy atom. The molecule has 1 atom stereocenters. The van der Waals surface area contributed by atoms with Gasteiger partial charge in [-0.05, 0) is 43.3 Å². The smallest absolute Gasteiger partial charge is 0.404 e. The molecule has 8 nitrogen and oxygen atoms in total. The molecule has 1 saturated heterocycles. The number of pyridine rings is 1. The zero-order valence-electron chi connectivity index (χ0n) is 16.6. The minimum Gasteiger partial charge on any atom is -0.404 e. The van der Waals surface area contributed by atoms with Crippen molar-refractivity contribution >= 4 is 34.4 Å². The Morgan fingerprint density at radius 1 is 1.22 bits per heavy atom. The van der Waals surface area contributed by atoms with Crippen LogP contribution in [-0.2, 0) is 0 Å². The van der Waals surface area contributed by atoms with E-state index in [1.807, 2.05) is 0 Å². The molecule has 0 aliphatic carbocycles. The molecule has 0 spiro atoms. The van der Waals surface area contributed by atoms with E-state index in [1.165, 1.54) is 36.8 Å². The first-order chi connectivity index (χ1) is 15.2. The van der Waals surface area contributed by atoms with Crippen LogP contribution in [0.3, 0.4) is 0 Å². The maximum Gasteiger partial charge on any atom is 0.573 e. The molecular formula is C20H18ClF3N6O2. The van der Waals surface area contributed by atoms with Gasteiger partial charge in [0.15, 0.2) is 5.82 Å². The van der Waals surface area contributed by atoms with Crippen molar-refractivity contribution in [1.82, 2.24) is 19.9 Å². The van der Waals surface area contributed by atoms with Gasteiger partial charge >= 0.3 is 6.36 Å². The van der Waals surface area contributed by atoms with E-state index in [4.69, 9.17) is 17.3 Å². The number of fused-ring (bicyclic) bond motifs is 1. The molecule has 1 amide bonds. The largest absolute Gasteiger partial charge is 0.573 e. The number of ether oxygens (including phenoxy) is 1. The number of rotatable bonds is 7. The summed E-state index contributed by atoms with van der Waals surface area (Å²) in [6, 6.07) is 5.20. The summed E-state index contributed by atoms with van der Waals surface area (Å²) in [6.07, 6.45) is -1.07. The number of nitrogens with two attached hydrogens (primary N) is 1. The van der Waals surface area contributed by atoms with Crippen LogP contribution in [0.25, 0.3) is 11.0 Å². The number of nitrogens with zero attached hydrogens (tertiary/aromatic N) is 4. The second-order valence-corrected chi connectivity index (χ2v) is 7.64. The van der Waals surface area contributed by atoms with Gasteiger partial charge in [0.1, 0.15) is 23.1 Å². The number of hydrogen-bond acceptors (Lipinski definition) is 7. The summed E-state index contributed by atoms with van der Waals surface area (Å²) in [6.45, 7) is 2.35. The van der Waals surface area contributed by atoms with Gasteiger partial charge in [0.25, 0.3) is 5.91 Å². The van der Waals surface area contributed by atoms with E-state index in [2.05, 4.69) is 29.9 Å². The molecule has 2 aromatic heterocycles. The number of nitrogens with one attached hydrogen (secondary N) is 1. The zero-order chi connectivity index (χ0) is 22.9. The summed E-state index contributed by atoms with van der Waals surface area (Å²) >= 11 is 6.06. The summed E-state index contributed by atoms with van der Waals surface area (Å²) in [7, 11) is 0. The van der Waals surface area contributed by atoms with E-state index in [0.717, 1.165) is 19.5 Å². The van der Waals surface area contributed by atoms with E-state index in [0.29, 0.717) is 29.0 Å². The molecule has 1 unspecified atom stereocenters. The van der Waals surface area contributed by atoms with Gasteiger partial charge < -0.3 is 20.7 Å². The number of carbonyl (C=O) groups is 1. The molecule has 3 N–H and O–H groups in total. The van der Waals surface area contributed by atoms with Gasteiger partial charge in [-0.1, -0.05) is 17.7 Å². The Labute approximate surface area is 185 Å². The highest BCUT2D eigenvalue weighted by atomic mass is 35.5. The maximum absolute atomic E-state index is 12.6. The highest BCUT2D eigenvalue weighted by molar-refractivity contribution is 6.32. The van der Waals surface area contributed by atoms with Crippen LogP contribution in [-0.4, -0.2) is 51.8 Å². The number of halogens is 4. The zero-order valence-corrected chi connectivity index (χ0v) is 17.3. The number of hydrogen-bond donors (Lipinski definition) is 2. The molecule has 12 heteroatoms. The van der Waals surface area contributed by atoms with Crippen molar-refractivity contribution in [3.8, 4) is 5.75 Å². The predicted molar refractivity (Wildman–Crippen MR) is 111 cm³/mol. The summed E-state index contributed by atoms with van der Waals surface area (Å²) < 4.78 is 41.7.